The molecule has 1 aliphatic rings. The highest BCUT2D eigenvalue weighted by atomic mass is 16.2. The standard InChI is InChI=1S/C18H26N2O2/c1-4-5-17(21)20-8-6-15(7-9-20)18(22)19-16-11-13(2)10-14(3)12-16/h10-12,15H,4-9H2,1-3H3,(H,19,22). The molecule has 1 N–H and O–H groups in total. The summed E-state index contributed by atoms with van der Waals surface area (Å²) in [4.78, 5) is 26.1. The van der Waals surface area contributed by atoms with Crippen LogP contribution >= 0.6 is 0 Å². The number of amides is 2. The normalized spacial score (nSPS) is 15.7. The van der Waals surface area contributed by atoms with E-state index in [9.17, 15) is 9.59 Å². The van der Waals surface area contributed by atoms with Gasteiger partial charge in [0.2, 0.25) is 11.8 Å². The van der Waals surface area contributed by atoms with E-state index in [0.717, 1.165) is 36.1 Å². The van der Waals surface area contributed by atoms with E-state index in [1.165, 1.54) is 0 Å². The molecule has 1 aromatic carbocycles. The van der Waals surface area contributed by atoms with E-state index in [4.69, 9.17) is 0 Å². The third-order valence-corrected chi connectivity index (χ3v) is 4.17. The maximum absolute atomic E-state index is 12.4. The molecule has 0 unspecified atom stereocenters. The van der Waals surface area contributed by atoms with Gasteiger partial charge in [-0.05, 0) is 56.4 Å². The van der Waals surface area contributed by atoms with Crippen LogP contribution in [0.1, 0.15) is 43.7 Å². The van der Waals surface area contributed by atoms with Crippen molar-refractivity contribution in [2.75, 3.05) is 18.4 Å². The smallest absolute Gasteiger partial charge is 0.227 e. The number of nitrogens with one attached hydrogen (secondary N) is 1. The summed E-state index contributed by atoms with van der Waals surface area (Å²) in [6, 6.07) is 6.07. The first-order valence-corrected chi connectivity index (χ1v) is 8.16. The third-order valence-electron chi connectivity index (χ3n) is 4.17. The minimum absolute atomic E-state index is 0.00601. The fourth-order valence-corrected chi connectivity index (χ4v) is 3.05. The second-order valence-electron chi connectivity index (χ2n) is 6.27. The summed E-state index contributed by atoms with van der Waals surface area (Å²) in [5.74, 6) is 0.301. The van der Waals surface area contributed by atoms with E-state index >= 15 is 0 Å². The molecule has 120 valence electrons. The van der Waals surface area contributed by atoms with E-state index in [2.05, 4.69) is 11.4 Å². The summed E-state index contributed by atoms with van der Waals surface area (Å²) in [6.07, 6.45) is 3.00. The first-order valence-electron chi connectivity index (χ1n) is 8.16. The van der Waals surface area contributed by atoms with E-state index in [1.54, 1.807) is 0 Å². The zero-order valence-electron chi connectivity index (χ0n) is 13.8. The number of carbonyl (C=O) groups excluding carboxylic acids is 2. The quantitative estimate of drug-likeness (QED) is 0.928. The minimum atomic E-state index is 0.00601. The van der Waals surface area contributed by atoms with Gasteiger partial charge in [0.15, 0.2) is 0 Å². The molecule has 0 spiro atoms. The Morgan fingerprint density at radius 3 is 2.27 bits per heavy atom. The van der Waals surface area contributed by atoms with E-state index in [1.807, 2.05) is 37.8 Å². The van der Waals surface area contributed by atoms with Gasteiger partial charge in [-0.3, -0.25) is 9.59 Å². The summed E-state index contributed by atoms with van der Waals surface area (Å²) < 4.78 is 0. The van der Waals surface area contributed by atoms with Crippen LogP contribution in [-0.2, 0) is 9.59 Å². The topological polar surface area (TPSA) is 49.4 Å². The second-order valence-corrected chi connectivity index (χ2v) is 6.27. The first kappa shape index (κ1) is 16.5. The zero-order valence-corrected chi connectivity index (χ0v) is 13.8. The molecule has 1 aliphatic heterocycles. The number of carbonyl (C=O) groups is 2. The Bertz CT molecular complexity index is 526. The van der Waals surface area contributed by atoms with Gasteiger partial charge < -0.3 is 10.2 Å². The Morgan fingerprint density at radius 2 is 1.73 bits per heavy atom. The van der Waals surface area contributed by atoms with Crippen molar-refractivity contribution in [3.63, 3.8) is 0 Å². The predicted molar refractivity (Wildman–Crippen MR) is 88.8 cm³/mol. The number of nitrogens with zero attached hydrogens (tertiary/aromatic N) is 1. The molecule has 0 radical (unpaired) electrons. The maximum atomic E-state index is 12.4. The van der Waals surface area contributed by atoms with Crippen LogP contribution < -0.4 is 5.32 Å². The summed E-state index contributed by atoms with van der Waals surface area (Å²) in [5, 5.41) is 3.02. The van der Waals surface area contributed by atoms with Crippen LogP contribution in [0.2, 0.25) is 0 Å². The maximum Gasteiger partial charge on any atom is 0.227 e. The predicted octanol–water partition coefficient (Wildman–Crippen LogP) is 3.28. The molecular weight excluding hydrogens is 276 g/mol. The Morgan fingerprint density at radius 1 is 1.14 bits per heavy atom. The van der Waals surface area contributed by atoms with Crippen molar-refractivity contribution in [3.05, 3.63) is 29.3 Å². The zero-order chi connectivity index (χ0) is 16.1. The summed E-state index contributed by atoms with van der Waals surface area (Å²) in [5.41, 5.74) is 3.16. The highest BCUT2D eigenvalue weighted by Crippen LogP contribution is 2.21. The lowest BCUT2D eigenvalue weighted by Gasteiger charge is -2.31. The fraction of sp³-hybridized carbons (Fsp3) is 0.556. The van der Waals surface area contributed by atoms with Gasteiger partial charge in [0.1, 0.15) is 0 Å². The largest absolute Gasteiger partial charge is 0.343 e. The van der Waals surface area contributed by atoms with Crippen LogP contribution in [0.4, 0.5) is 5.69 Å². The first-order chi connectivity index (χ1) is 10.5. The molecule has 0 aliphatic carbocycles. The van der Waals surface area contributed by atoms with Crippen LogP contribution in [0.5, 0.6) is 0 Å². The molecule has 0 saturated carbocycles. The van der Waals surface area contributed by atoms with Crippen LogP contribution in [-0.4, -0.2) is 29.8 Å². The minimum Gasteiger partial charge on any atom is -0.343 e. The lowest BCUT2D eigenvalue weighted by atomic mass is 9.95. The van der Waals surface area contributed by atoms with E-state index < -0.39 is 0 Å². The molecule has 4 nitrogen and oxygen atoms in total. The number of piperidine rings is 1. The molecule has 1 saturated heterocycles. The molecule has 1 heterocycles. The molecule has 0 bridgehead atoms. The fourth-order valence-electron chi connectivity index (χ4n) is 3.05. The van der Waals surface area contributed by atoms with Crippen molar-refractivity contribution >= 4 is 17.5 Å². The van der Waals surface area contributed by atoms with Crippen LogP contribution in [0.15, 0.2) is 18.2 Å². The molecule has 4 heteroatoms. The highest BCUT2D eigenvalue weighted by Gasteiger charge is 2.26. The van der Waals surface area contributed by atoms with Crippen molar-refractivity contribution in [1.29, 1.82) is 0 Å². The van der Waals surface area contributed by atoms with Crippen molar-refractivity contribution in [2.24, 2.45) is 5.92 Å². The molecule has 2 amide bonds. The lowest BCUT2D eigenvalue weighted by Crippen LogP contribution is -2.41. The lowest BCUT2D eigenvalue weighted by molar-refractivity contribution is -0.134. The number of likely N-dealkylation sites (tertiary alicyclic amines) is 1. The van der Waals surface area contributed by atoms with Gasteiger partial charge in [-0.15, -0.1) is 0 Å². The summed E-state index contributed by atoms with van der Waals surface area (Å²) in [6.45, 7) is 7.47. The number of rotatable bonds is 4. The van der Waals surface area contributed by atoms with Gasteiger partial charge in [0, 0.05) is 31.1 Å². The van der Waals surface area contributed by atoms with Gasteiger partial charge in [-0.25, -0.2) is 0 Å². The molecule has 0 atom stereocenters. The number of benzene rings is 1. The van der Waals surface area contributed by atoms with Crippen LogP contribution in [0, 0.1) is 19.8 Å². The van der Waals surface area contributed by atoms with Gasteiger partial charge in [-0.2, -0.15) is 0 Å². The van der Waals surface area contributed by atoms with Crippen LogP contribution in [0.3, 0.4) is 0 Å². The van der Waals surface area contributed by atoms with Gasteiger partial charge >= 0.3 is 0 Å². The molecule has 1 fully saturated rings. The molecule has 22 heavy (non-hydrogen) atoms. The van der Waals surface area contributed by atoms with Gasteiger partial charge in [0.25, 0.3) is 0 Å². The van der Waals surface area contributed by atoms with E-state index in [-0.39, 0.29) is 17.7 Å². The third kappa shape index (κ3) is 4.33. The summed E-state index contributed by atoms with van der Waals surface area (Å²) in [7, 11) is 0. The summed E-state index contributed by atoms with van der Waals surface area (Å²) >= 11 is 0. The van der Waals surface area contributed by atoms with Crippen molar-refractivity contribution in [1.82, 2.24) is 4.90 Å². The average Bonchev–Trinajstić information content (AvgIpc) is 2.46. The van der Waals surface area contributed by atoms with Crippen molar-refractivity contribution < 1.29 is 9.59 Å². The Hall–Kier alpha value is -1.84. The molecule has 1 aromatic rings. The van der Waals surface area contributed by atoms with Crippen molar-refractivity contribution in [2.45, 2.75) is 46.5 Å². The number of hydrogen-bond acceptors (Lipinski definition) is 2. The molecular formula is C18H26N2O2. The molecule has 0 aromatic heterocycles. The Labute approximate surface area is 132 Å². The monoisotopic (exact) mass is 302 g/mol. The number of anilines is 1. The molecule has 2 rings (SSSR count). The highest BCUT2D eigenvalue weighted by molar-refractivity contribution is 5.93. The van der Waals surface area contributed by atoms with Gasteiger partial charge in [-0.1, -0.05) is 13.0 Å². The number of aryl methyl sites for hydroxylation is 2. The Kier molecular flexibility index (Phi) is 5.58. The number of hydrogen-bond donors (Lipinski definition) is 1. The second kappa shape index (κ2) is 7.43. The van der Waals surface area contributed by atoms with Crippen LogP contribution in [0.25, 0.3) is 0 Å². The van der Waals surface area contributed by atoms with Gasteiger partial charge in [0.05, 0.1) is 0 Å². The Balaban J connectivity index is 1.88. The average molecular weight is 302 g/mol. The van der Waals surface area contributed by atoms with Crippen molar-refractivity contribution in [3.8, 4) is 0 Å². The SMILES string of the molecule is CCCC(=O)N1CCC(C(=O)Nc2cc(C)cc(C)c2)CC1. The van der Waals surface area contributed by atoms with E-state index in [0.29, 0.717) is 19.5 Å².